The lowest BCUT2D eigenvalue weighted by molar-refractivity contribution is -0.0437. The van der Waals surface area contributed by atoms with Crippen LogP contribution in [0.1, 0.15) is 22.4 Å². The minimum Gasteiger partial charge on any atom is -0.453 e. The number of benzene rings is 1. The van der Waals surface area contributed by atoms with Crippen molar-refractivity contribution in [1.82, 2.24) is 0 Å². The fourth-order valence-corrected chi connectivity index (χ4v) is 2.03. The van der Waals surface area contributed by atoms with Crippen LogP contribution in [0.3, 0.4) is 0 Å². The van der Waals surface area contributed by atoms with Crippen LogP contribution in [0.2, 0.25) is 0 Å². The topological polar surface area (TPSA) is 48.7 Å². The number of ether oxygens (including phenoxy) is 2. The Bertz CT molecular complexity index is 552. The second-order valence-corrected chi connectivity index (χ2v) is 3.98. The van der Waals surface area contributed by atoms with Crippen molar-refractivity contribution in [2.24, 2.45) is 0 Å². The van der Waals surface area contributed by atoms with Gasteiger partial charge in [0.05, 0.1) is 13.2 Å². The summed E-state index contributed by atoms with van der Waals surface area (Å²) in [6.45, 7) is 1.19. The van der Waals surface area contributed by atoms with E-state index in [9.17, 15) is 4.79 Å². The predicted molar refractivity (Wildman–Crippen MR) is 64.2 cm³/mol. The van der Waals surface area contributed by atoms with Crippen molar-refractivity contribution in [3.05, 3.63) is 47.7 Å². The molecule has 0 bridgehead atoms. The molecular formula is C14H12O4. The van der Waals surface area contributed by atoms with Crippen LogP contribution in [-0.2, 0) is 9.47 Å². The molecule has 0 aliphatic carbocycles. The molecule has 0 saturated carbocycles. The van der Waals surface area contributed by atoms with Gasteiger partial charge in [-0.25, -0.2) is 0 Å². The Kier molecular flexibility index (Phi) is 2.96. The van der Waals surface area contributed by atoms with Gasteiger partial charge in [-0.05, 0) is 12.1 Å². The molecule has 1 aliphatic rings. The van der Waals surface area contributed by atoms with E-state index >= 15 is 0 Å². The number of hydrogen-bond acceptors (Lipinski definition) is 4. The average molecular weight is 244 g/mol. The van der Waals surface area contributed by atoms with Crippen LogP contribution in [0.15, 0.2) is 40.8 Å². The van der Waals surface area contributed by atoms with E-state index in [0.29, 0.717) is 31.0 Å². The third-order valence-corrected chi connectivity index (χ3v) is 2.84. The Hall–Kier alpha value is -1.91. The minimum atomic E-state index is -0.356. The third kappa shape index (κ3) is 1.96. The van der Waals surface area contributed by atoms with E-state index in [2.05, 4.69) is 0 Å². The van der Waals surface area contributed by atoms with Crippen LogP contribution in [0.5, 0.6) is 0 Å². The number of rotatable bonds is 3. The summed E-state index contributed by atoms with van der Waals surface area (Å²) in [6, 6.07) is 11.1. The van der Waals surface area contributed by atoms with Crippen molar-refractivity contribution in [2.45, 2.75) is 6.29 Å². The van der Waals surface area contributed by atoms with Gasteiger partial charge in [-0.15, -0.1) is 0 Å². The summed E-state index contributed by atoms with van der Waals surface area (Å²) in [6.07, 6.45) is 0.334. The number of hydrogen-bond donors (Lipinski definition) is 0. The molecule has 1 fully saturated rings. The summed E-state index contributed by atoms with van der Waals surface area (Å²) in [5.74, 6) is 0.958. The summed E-state index contributed by atoms with van der Waals surface area (Å²) in [5, 5.41) is 0. The highest BCUT2D eigenvalue weighted by atomic mass is 16.7. The molecule has 0 radical (unpaired) electrons. The van der Waals surface area contributed by atoms with Crippen LogP contribution in [-0.4, -0.2) is 19.5 Å². The van der Waals surface area contributed by atoms with Crippen molar-refractivity contribution in [3.8, 4) is 11.3 Å². The van der Waals surface area contributed by atoms with Gasteiger partial charge >= 0.3 is 0 Å². The maximum Gasteiger partial charge on any atom is 0.185 e. The van der Waals surface area contributed by atoms with Crippen molar-refractivity contribution in [3.63, 3.8) is 0 Å². The smallest absolute Gasteiger partial charge is 0.185 e. The lowest BCUT2D eigenvalue weighted by atomic mass is 10.1. The second kappa shape index (κ2) is 4.76. The molecule has 92 valence electrons. The van der Waals surface area contributed by atoms with Crippen LogP contribution < -0.4 is 0 Å². The lowest BCUT2D eigenvalue weighted by Crippen LogP contribution is -2.00. The molecule has 1 aromatic carbocycles. The van der Waals surface area contributed by atoms with Gasteiger partial charge in [0.2, 0.25) is 0 Å². The van der Waals surface area contributed by atoms with Gasteiger partial charge in [-0.2, -0.15) is 0 Å². The van der Waals surface area contributed by atoms with Crippen LogP contribution in [0, 0.1) is 0 Å². The van der Waals surface area contributed by atoms with E-state index in [1.807, 2.05) is 24.3 Å². The van der Waals surface area contributed by atoms with Gasteiger partial charge in [0, 0.05) is 11.1 Å². The van der Waals surface area contributed by atoms with E-state index in [4.69, 9.17) is 13.9 Å². The van der Waals surface area contributed by atoms with Crippen molar-refractivity contribution >= 4 is 6.29 Å². The Labute approximate surface area is 104 Å². The number of carbonyl (C=O) groups excluding carboxylic acids is 1. The van der Waals surface area contributed by atoms with E-state index in [0.717, 1.165) is 11.1 Å². The van der Waals surface area contributed by atoms with Gasteiger partial charge in [0.1, 0.15) is 5.76 Å². The number of furan rings is 1. The Balaban J connectivity index is 2.02. The molecule has 18 heavy (non-hydrogen) atoms. The first-order chi connectivity index (χ1) is 8.88. The van der Waals surface area contributed by atoms with Crippen molar-refractivity contribution in [1.29, 1.82) is 0 Å². The molecule has 0 atom stereocenters. The Morgan fingerprint density at radius 1 is 1.06 bits per heavy atom. The summed E-state index contributed by atoms with van der Waals surface area (Å²) < 4.78 is 16.4. The quantitative estimate of drug-likeness (QED) is 0.779. The van der Waals surface area contributed by atoms with E-state index < -0.39 is 0 Å². The SMILES string of the molecule is O=Cc1ccc(-c2ccccc2C2OCCO2)o1. The first-order valence-electron chi connectivity index (χ1n) is 5.76. The summed E-state index contributed by atoms with van der Waals surface area (Å²) in [5.41, 5.74) is 1.80. The van der Waals surface area contributed by atoms with Crippen LogP contribution >= 0.6 is 0 Å². The highest BCUT2D eigenvalue weighted by molar-refractivity contribution is 5.73. The van der Waals surface area contributed by atoms with Gasteiger partial charge < -0.3 is 13.9 Å². The zero-order chi connectivity index (χ0) is 12.4. The molecule has 2 aromatic rings. The summed E-state index contributed by atoms with van der Waals surface area (Å²) >= 11 is 0. The standard InChI is InChI=1S/C14H12O4/c15-9-10-5-6-13(18-10)11-3-1-2-4-12(11)14-16-7-8-17-14/h1-6,9,14H,7-8H2. The lowest BCUT2D eigenvalue weighted by Gasteiger charge is -2.12. The number of carbonyl (C=O) groups is 1. The normalized spacial score (nSPS) is 16.0. The average Bonchev–Trinajstić information content (AvgIpc) is 3.10. The van der Waals surface area contributed by atoms with E-state index in [1.54, 1.807) is 12.1 Å². The summed E-state index contributed by atoms with van der Waals surface area (Å²) in [7, 11) is 0. The first-order valence-corrected chi connectivity index (χ1v) is 5.76. The van der Waals surface area contributed by atoms with Gasteiger partial charge in [0.25, 0.3) is 0 Å². The highest BCUT2D eigenvalue weighted by Crippen LogP contribution is 2.33. The maximum absolute atomic E-state index is 10.6. The molecule has 0 N–H and O–H groups in total. The van der Waals surface area contributed by atoms with Gasteiger partial charge in [0.15, 0.2) is 18.3 Å². The Morgan fingerprint density at radius 2 is 1.83 bits per heavy atom. The van der Waals surface area contributed by atoms with Gasteiger partial charge in [-0.1, -0.05) is 24.3 Å². The molecule has 0 spiro atoms. The zero-order valence-corrected chi connectivity index (χ0v) is 9.67. The molecule has 4 heteroatoms. The molecule has 2 heterocycles. The number of aldehydes is 1. The molecule has 3 rings (SSSR count). The summed E-state index contributed by atoms with van der Waals surface area (Å²) in [4.78, 5) is 10.6. The molecule has 1 saturated heterocycles. The maximum atomic E-state index is 10.6. The molecule has 0 amide bonds. The van der Waals surface area contributed by atoms with Crippen molar-refractivity contribution in [2.75, 3.05) is 13.2 Å². The highest BCUT2D eigenvalue weighted by Gasteiger charge is 2.22. The zero-order valence-electron chi connectivity index (χ0n) is 9.67. The van der Waals surface area contributed by atoms with E-state index in [1.165, 1.54) is 0 Å². The van der Waals surface area contributed by atoms with Gasteiger partial charge in [-0.3, -0.25) is 4.79 Å². The fraction of sp³-hybridized carbons (Fsp3) is 0.214. The minimum absolute atomic E-state index is 0.313. The molecule has 0 unspecified atom stereocenters. The third-order valence-electron chi connectivity index (χ3n) is 2.84. The van der Waals surface area contributed by atoms with E-state index in [-0.39, 0.29) is 6.29 Å². The molecule has 1 aromatic heterocycles. The molecular weight excluding hydrogens is 232 g/mol. The molecule has 4 nitrogen and oxygen atoms in total. The fourth-order valence-electron chi connectivity index (χ4n) is 2.03. The first kappa shape index (κ1) is 11.2. The monoisotopic (exact) mass is 244 g/mol. The largest absolute Gasteiger partial charge is 0.453 e. The second-order valence-electron chi connectivity index (χ2n) is 3.98. The molecule has 1 aliphatic heterocycles. The van der Waals surface area contributed by atoms with Crippen LogP contribution in [0.4, 0.5) is 0 Å². The van der Waals surface area contributed by atoms with Crippen molar-refractivity contribution < 1.29 is 18.7 Å². The Morgan fingerprint density at radius 3 is 2.56 bits per heavy atom. The van der Waals surface area contributed by atoms with Crippen LogP contribution in [0.25, 0.3) is 11.3 Å². The predicted octanol–water partition coefficient (Wildman–Crippen LogP) is 2.80.